The summed E-state index contributed by atoms with van der Waals surface area (Å²) in [5.74, 6) is 0.287. The molecule has 1 aliphatic carbocycles. The average Bonchev–Trinajstić information content (AvgIpc) is 3.00. The predicted octanol–water partition coefficient (Wildman–Crippen LogP) is 3.08. The minimum absolute atomic E-state index is 0.102. The highest BCUT2D eigenvalue weighted by molar-refractivity contribution is 7.89. The topological polar surface area (TPSA) is 72.9 Å². The highest BCUT2D eigenvalue weighted by Crippen LogP contribution is 2.61. The van der Waals surface area contributed by atoms with E-state index in [1.165, 1.54) is 11.2 Å². The lowest BCUT2D eigenvalue weighted by Crippen LogP contribution is -2.57. The van der Waals surface area contributed by atoms with E-state index in [0.717, 1.165) is 30.4 Å². The Morgan fingerprint density at radius 2 is 1.93 bits per heavy atom. The van der Waals surface area contributed by atoms with E-state index in [1.807, 2.05) is 6.92 Å². The van der Waals surface area contributed by atoms with Gasteiger partial charge in [-0.25, -0.2) is 8.42 Å². The number of nitrogens with zero attached hydrogens (tertiary/aromatic N) is 1. The van der Waals surface area contributed by atoms with Crippen LogP contribution in [-0.2, 0) is 24.3 Å². The van der Waals surface area contributed by atoms with Gasteiger partial charge < -0.3 is 9.47 Å². The third kappa shape index (κ3) is 2.67. The Balaban J connectivity index is 1.58. The summed E-state index contributed by atoms with van der Waals surface area (Å²) in [4.78, 5) is 12.2. The second-order valence-corrected chi connectivity index (χ2v) is 10.5. The zero-order valence-corrected chi connectivity index (χ0v) is 17.5. The fourth-order valence-corrected chi connectivity index (χ4v) is 6.53. The molecule has 6 nitrogen and oxygen atoms in total. The van der Waals surface area contributed by atoms with E-state index in [-0.39, 0.29) is 28.9 Å². The fourth-order valence-electron chi connectivity index (χ4n) is 5.12. The van der Waals surface area contributed by atoms with Crippen LogP contribution in [0.3, 0.4) is 0 Å². The van der Waals surface area contributed by atoms with E-state index in [0.29, 0.717) is 18.7 Å². The van der Waals surface area contributed by atoms with E-state index in [4.69, 9.17) is 9.47 Å². The molecular formula is C22H25NO5S. The number of piperidine rings is 1. The molecule has 0 N–H and O–H groups in total. The van der Waals surface area contributed by atoms with Crippen LogP contribution < -0.4 is 0 Å². The summed E-state index contributed by atoms with van der Waals surface area (Å²) in [6, 6.07) is 6.90. The SMILES string of the molecule is CC(=O)OC1=C2CN(S(=O)(=O)c3ccc(C)cc3)CCC23C=CC(O3)C12CCC2. The van der Waals surface area contributed by atoms with Crippen molar-refractivity contribution in [1.29, 1.82) is 0 Å². The molecule has 4 aliphatic rings. The average molecular weight is 416 g/mol. The highest BCUT2D eigenvalue weighted by atomic mass is 32.2. The Labute approximate surface area is 171 Å². The largest absolute Gasteiger partial charge is 0.430 e. The van der Waals surface area contributed by atoms with Gasteiger partial charge >= 0.3 is 5.97 Å². The number of fused-ring (bicyclic) bond motifs is 2. The number of hydrogen-bond donors (Lipinski definition) is 0. The molecule has 0 amide bonds. The lowest BCUT2D eigenvalue weighted by Gasteiger charge is -2.54. The number of hydrogen-bond acceptors (Lipinski definition) is 5. The van der Waals surface area contributed by atoms with Gasteiger partial charge in [-0.3, -0.25) is 4.79 Å². The third-order valence-electron chi connectivity index (χ3n) is 6.88. The molecular weight excluding hydrogens is 390 g/mol. The number of esters is 1. The maximum atomic E-state index is 13.3. The van der Waals surface area contributed by atoms with E-state index in [2.05, 4.69) is 12.2 Å². The summed E-state index contributed by atoms with van der Waals surface area (Å²) in [5, 5.41) is 0. The van der Waals surface area contributed by atoms with Crippen LogP contribution in [0.25, 0.3) is 0 Å². The molecule has 1 aromatic carbocycles. The molecule has 0 radical (unpaired) electrons. The molecule has 0 aromatic heterocycles. The quantitative estimate of drug-likeness (QED) is 0.560. The molecule has 2 atom stereocenters. The fraction of sp³-hybridized carbons (Fsp3) is 0.500. The van der Waals surface area contributed by atoms with Crippen molar-refractivity contribution in [3.05, 3.63) is 53.3 Å². The van der Waals surface area contributed by atoms with Crippen molar-refractivity contribution in [1.82, 2.24) is 4.31 Å². The number of aryl methyl sites for hydroxylation is 1. The van der Waals surface area contributed by atoms with Crippen LogP contribution in [0, 0.1) is 12.3 Å². The molecule has 1 saturated carbocycles. The first kappa shape index (κ1) is 19.0. The van der Waals surface area contributed by atoms with Gasteiger partial charge in [-0.1, -0.05) is 30.2 Å². The standard InChI is InChI=1S/C22H25NO5S/c1-15-4-6-17(7-5-15)29(25,26)23-13-12-22-11-8-19(28-22)21(9-3-10-21)20(18(22)14-23)27-16(2)24/h4-8,11,19H,3,9-10,12-14H2,1-2H3. The number of carbonyl (C=O) groups excluding carboxylic acids is 1. The van der Waals surface area contributed by atoms with Crippen LogP contribution >= 0.6 is 0 Å². The maximum absolute atomic E-state index is 13.3. The maximum Gasteiger partial charge on any atom is 0.307 e. The number of ether oxygens (including phenoxy) is 2. The molecule has 2 bridgehead atoms. The van der Waals surface area contributed by atoms with Crippen LogP contribution in [0.5, 0.6) is 0 Å². The predicted molar refractivity (Wildman–Crippen MR) is 106 cm³/mol. The van der Waals surface area contributed by atoms with Crippen LogP contribution in [0.2, 0.25) is 0 Å². The first-order valence-corrected chi connectivity index (χ1v) is 11.6. The second kappa shape index (κ2) is 6.27. The Hall–Kier alpha value is -1.96. The van der Waals surface area contributed by atoms with Gasteiger partial charge in [0.15, 0.2) is 0 Å². The molecule has 154 valence electrons. The van der Waals surface area contributed by atoms with E-state index in [1.54, 1.807) is 24.3 Å². The Morgan fingerprint density at radius 3 is 2.55 bits per heavy atom. The minimum atomic E-state index is -3.65. The normalized spacial score (nSPS) is 30.2. The van der Waals surface area contributed by atoms with Crippen molar-refractivity contribution in [3.8, 4) is 0 Å². The molecule has 3 heterocycles. The van der Waals surface area contributed by atoms with Gasteiger partial charge in [-0.2, -0.15) is 4.31 Å². The highest BCUT2D eigenvalue weighted by Gasteiger charge is 2.61. The van der Waals surface area contributed by atoms with Gasteiger partial charge in [0.1, 0.15) is 11.4 Å². The van der Waals surface area contributed by atoms with Crippen molar-refractivity contribution < 1.29 is 22.7 Å². The minimum Gasteiger partial charge on any atom is -0.430 e. The molecule has 5 rings (SSSR count). The molecule has 2 fully saturated rings. The third-order valence-corrected chi connectivity index (χ3v) is 8.74. The lowest BCUT2D eigenvalue weighted by molar-refractivity contribution is -0.154. The van der Waals surface area contributed by atoms with Gasteiger partial charge in [0.25, 0.3) is 0 Å². The molecule has 7 heteroatoms. The Bertz CT molecular complexity index is 1040. The van der Waals surface area contributed by atoms with Gasteiger partial charge in [0.2, 0.25) is 10.0 Å². The molecule has 1 aromatic rings. The van der Waals surface area contributed by atoms with Crippen LogP contribution in [0.15, 0.2) is 52.6 Å². The lowest BCUT2D eigenvalue weighted by atomic mass is 9.61. The molecule has 1 saturated heterocycles. The van der Waals surface area contributed by atoms with E-state index < -0.39 is 15.6 Å². The molecule has 2 spiro atoms. The van der Waals surface area contributed by atoms with Crippen molar-refractivity contribution in [2.75, 3.05) is 13.1 Å². The summed E-state index contributed by atoms with van der Waals surface area (Å²) in [5.41, 5.74) is 0.805. The summed E-state index contributed by atoms with van der Waals surface area (Å²) >= 11 is 0. The van der Waals surface area contributed by atoms with Gasteiger partial charge in [-0.05, 0) is 44.4 Å². The first-order chi connectivity index (χ1) is 13.8. The van der Waals surface area contributed by atoms with Crippen molar-refractivity contribution in [2.45, 2.75) is 56.1 Å². The summed E-state index contributed by atoms with van der Waals surface area (Å²) in [6.07, 6.45) is 7.36. The van der Waals surface area contributed by atoms with Gasteiger partial charge in [0, 0.05) is 25.6 Å². The van der Waals surface area contributed by atoms with E-state index in [9.17, 15) is 13.2 Å². The van der Waals surface area contributed by atoms with Gasteiger partial charge in [-0.15, -0.1) is 0 Å². The van der Waals surface area contributed by atoms with Crippen molar-refractivity contribution in [3.63, 3.8) is 0 Å². The summed E-state index contributed by atoms with van der Waals surface area (Å²) < 4.78 is 40.3. The smallest absolute Gasteiger partial charge is 0.307 e. The zero-order chi connectivity index (χ0) is 20.4. The number of rotatable bonds is 3. The Kier molecular flexibility index (Phi) is 4.11. The number of sulfonamides is 1. The van der Waals surface area contributed by atoms with Crippen LogP contribution in [0.4, 0.5) is 0 Å². The van der Waals surface area contributed by atoms with Crippen LogP contribution in [-0.4, -0.2) is 43.5 Å². The summed E-state index contributed by atoms with van der Waals surface area (Å²) in [7, 11) is -3.65. The number of benzene rings is 1. The first-order valence-electron chi connectivity index (χ1n) is 10.1. The second-order valence-electron chi connectivity index (χ2n) is 8.60. The van der Waals surface area contributed by atoms with E-state index >= 15 is 0 Å². The number of carbonyl (C=O) groups is 1. The summed E-state index contributed by atoms with van der Waals surface area (Å²) in [6.45, 7) is 3.87. The van der Waals surface area contributed by atoms with Gasteiger partial charge in [0.05, 0.1) is 16.4 Å². The monoisotopic (exact) mass is 415 g/mol. The van der Waals surface area contributed by atoms with Crippen molar-refractivity contribution in [2.24, 2.45) is 5.41 Å². The van der Waals surface area contributed by atoms with Crippen LogP contribution in [0.1, 0.15) is 38.2 Å². The zero-order valence-electron chi connectivity index (χ0n) is 16.7. The molecule has 2 unspecified atom stereocenters. The molecule has 29 heavy (non-hydrogen) atoms. The molecule has 3 aliphatic heterocycles. The van der Waals surface area contributed by atoms with Crippen molar-refractivity contribution >= 4 is 16.0 Å². The Morgan fingerprint density at radius 1 is 1.21 bits per heavy atom.